The summed E-state index contributed by atoms with van der Waals surface area (Å²) in [6.45, 7) is 6.01. The molecule has 0 saturated carbocycles. The lowest BCUT2D eigenvalue weighted by atomic mass is 9.77. The van der Waals surface area contributed by atoms with Gasteiger partial charge in [0.25, 0.3) is 0 Å². The van der Waals surface area contributed by atoms with E-state index in [1.807, 2.05) is 18.5 Å². The lowest BCUT2D eigenvalue weighted by Gasteiger charge is -2.38. The first-order valence-electron chi connectivity index (χ1n) is 11.0. The van der Waals surface area contributed by atoms with Crippen LogP contribution in [0.15, 0.2) is 24.5 Å². The number of nitrogens with one attached hydrogen (secondary N) is 1. The van der Waals surface area contributed by atoms with E-state index in [9.17, 15) is 0 Å². The summed E-state index contributed by atoms with van der Waals surface area (Å²) in [5.74, 6) is 1.77. The van der Waals surface area contributed by atoms with Crippen LogP contribution in [-0.2, 0) is 11.2 Å². The van der Waals surface area contributed by atoms with E-state index >= 15 is 0 Å². The second-order valence-electron chi connectivity index (χ2n) is 9.01. The van der Waals surface area contributed by atoms with Gasteiger partial charge in [0.15, 0.2) is 17.0 Å². The molecule has 3 aliphatic heterocycles. The number of anilines is 3. The van der Waals surface area contributed by atoms with Crippen LogP contribution in [0.3, 0.4) is 0 Å². The minimum Gasteiger partial charge on any atom is -0.378 e. The van der Waals surface area contributed by atoms with Crippen LogP contribution in [0.4, 0.5) is 17.3 Å². The third-order valence-corrected chi connectivity index (χ3v) is 6.99. The molecular formula is C22H27N7O. The second-order valence-corrected chi connectivity index (χ2v) is 9.01. The zero-order chi connectivity index (χ0) is 20.1. The number of piperidine rings is 1. The maximum absolute atomic E-state index is 5.86. The molecular weight excluding hydrogens is 378 g/mol. The van der Waals surface area contributed by atoms with Crippen LogP contribution < -0.4 is 9.80 Å². The van der Waals surface area contributed by atoms with Crippen LogP contribution in [0.25, 0.3) is 11.2 Å². The third kappa shape index (κ3) is 2.93. The molecule has 6 heterocycles. The van der Waals surface area contributed by atoms with Crippen molar-refractivity contribution in [3.8, 4) is 0 Å². The number of nitrogens with zero attached hydrogens (tertiary/aromatic N) is 6. The average Bonchev–Trinajstić information content (AvgIpc) is 3.37. The van der Waals surface area contributed by atoms with Gasteiger partial charge in [-0.2, -0.15) is 5.10 Å². The fourth-order valence-corrected chi connectivity index (χ4v) is 5.34. The maximum atomic E-state index is 5.86. The Morgan fingerprint density at radius 2 is 2.10 bits per heavy atom. The Morgan fingerprint density at radius 1 is 1.20 bits per heavy atom. The zero-order valence-corrected chi connectivity index (χ0v) is 17.3. The number of aryl methyl sites for hydroxylation is 1. The Labute approximate surface area is 175 Å². The van der Waals surface area contributed by atoms with Crippen molar-refractivity contribution in [3.05, 3.63) is 30.2 Å². The van der Waals surface area contributed by atoms with Crippen molar-refractivity contribution in [2.24, 2.45) is 5.41 Å². The van der Waals surface area contributed by atoms with Crippen LogP contribution in [0, 0.1) is 5.41 Å². The molecule has 8 nitrogen and oxygen atoms in total. The van der Waals surface area contributed by atoms with Crippen LogP contribution >= 0.6 is 0 Å². The van der Waals surface area contributed by atoms with Gasteiger partial charge in [-0.3, -0.25) is 10.1 Å². The Balaban J connectivity index is 1.25. The number of hydrogen-bond acceptors (Lipinski definition) is 7. The monoisotopic (exact) mass is 405 g/mol. The molecule has 3 aliphatic rings. The van der Waals surface area contributed by atoms with Crippen LogP contribution in [0.5, 0.6) is 0 Å². The van der Waals surface area contributed by atoms with Crippen LogP contribution in [-0.4, -0.2) is 57.5 Å². The number of ether oxygens (including phenoxy) is 1. The van der Waals surface area contributed by atoms with Gasteiger partial charge in [0.05, 0.1) is 30.3 Å². The summed E-state index contributed by atoms with van der Waals surface area (Å²) < 4.78 is 5.86. The van der Waals surface area contributed by atoms with E-state index in [1.54, 1.807) is 0 Å². The molecule has 2 fully saturated rings. The molecule has 6 rings (SSSR count). The summed E-state index contributed by atoms with van der Waals surface area (Å²) in [4.78, 5) is 18.8. The lowest BCUT2D eigenvalue weighted by molar-refractivity contribution is 0.0976. The Kier molecular flexibility index (Phi) is 4.16. The van der Waals surface area contributed by atoms with Crippen LogP contribution in [0.2, 0.25) is 0 Å². The predicted octanol–water partition coefficient (Wildman–Crippen LogP) is 3.23. The van der Waals surface area contributed by atoms with Gasteiger partial charge < -0.3 is 14.5 Å². The van der Waals surface area contributed by atoms with E-state index in [-0.39, 0.29) is 0 Å². The van der Waals surface area contributed by atoms with Crippen molar-refractivity contribution in [1.82, 2.24) is 25.1 Å². The molecule has 0 bridgehead atoms. The molecule has 2 saturated heterocycles. The van der Waals surface area contributed by atoms with Gasteiger partial charge in [-0.05, 0) is 56.6 Å². The Morgan fingerprint density at radius 3 is 2.93 bits per heavy atom. The van der Waals surface area contributed by atoms with Crippen molar-refractivity contribution in [2.45, 2.75) is 45.1 Å². The van der Waals surface area contributed by atoms with E-state index in [1.165, 1.54) is 6.42 Å². The first-order valence-corrected chi connectivity index (χ1v) is 11.0. The average molecular weight is 406 g/mol. The number of aromatic nitrogens is 5. The summed E-state index contributed by atoms with van der Waals surface area (Å²) in [5, 5.41) is 7.70. The Bertz CT molecular complexity index is 1070. The molecule has 1 spiro atoms. The quantitative estimate of drug-likeness (QED) is 0.701. The standard InChI is InChI=1S/C22H27N7O/c1-15-12-22(14-30-15)6-10-28(11-7-22)18-13-24-19-20(25-18)26-27-21(19)29-9-3-4-16-17(29)5-2-8-23-16/h2,5,8,13,15H,3-4,6-7,9-12,14H2,1H3,(H,25,26,27). The highest BCUT2D eigenvalue weighted by atomic mass is 16.5. The third-order valence-electron chi connectivity index (χ3n) is 6.99. The van der Waals surface area contributed by atoms with Gasteiger partial charge in [0.1, 0.15) is 5.82 Å². The molecule has 1 unspecified atom stereocenters. The van der Waals surface area contributed by atoms with Crippen molar-refractivity contribution in [1.29, 1.82) is 0 Å². The number of hydrogen-bond donors (Lipinski definition) is 1. The van der Waals surface area contributed by atoms with E-state index in [0.717, 1.165) is 86.1 Å². The molecule has 156 valence electrons. The fraction of sp³-hybridized carbons (Fsp3) is 0.545. The molecule has 0 aliphatic carbocycles. The van der Waals surface area contributed by atoms with Crippen LogP contribution in [0.1, 0.15) is 38.3 Å². The van der Waals surface area contributed by atoms with E-state index in [4.69, 9.17) is 14.7 Å². The summed E-state index contributed by atoms with van der Waals surface area (Å²) in [6.07, 6.45) is 9.71. The number of aromatic amines is 1. The first-order chi connectivity index (χ1) is 14.7. The van der Waals surface area contributed by atoms with Gasteiger partial charge in [-0.15, -0.1) is 0 Å². The van der Waals surface area contributed by atoms with Crippen molar-refractivity contribution in [3.63, 3.8) is 0 Å². The molecule has 8 heteroatoms. The van der Waals surface area contributed by atoms with Gasteiger partial charge in [-0.1, -0.05) is 0 Å². The maximum Gasteiger partial charge on any atom is 0.183 e. The normalized spacial score (nSPS) is 23.3. The first kappa shape index (κ1) is 18.1. The fourth-order valence-electron chi connectivity index (χ4n) is 5.34. The number of fused-ring (bicyclic) bond motifs is 2. The smallest absolute Gasteiger partial charge is 0.183 e. The van der Waals surface area contributed by atoms with E-state index in [0.29, 0.717) is 11.5 Å². The molecule has 0 amide bonds. The van der Waals surface area contributed by atoms with E-state index < -0.39 is 0 Å². The summed E-state index contributed by atoms with van der Waals surface area (Å²) >= 11 is 0. The Hall–Kier alpha value is -2.74. The van der Waals surface area contributed by atoms with Gasteiger partial charge >= 0.3 is 0 Å². The topological polar surface area (TPSA) is 83.1 Å². The van der Waals surface area contributed by atoms with Crippen molar-refractivity contribution >= 4 is 28.5 Å². The van der Waals surface area contributed by atoms with Crippen molar-refractivity contribution < 1.29 is 4.74 Å². The summed E-state index contributed by atoms with van der Waals surface area (Å²) in [6, 6.07) is 4.09. The summed E-state index contributed by atoms with van der Waals surface area (Å²) in [5.41, 5.74) is 4.18. The van der Waals surface area contributed by atoms with Gasteiger partial charge in [0.2, 0.25) is 0 Å². The molecule has 30 heavy (non-hydrogen) atoms. The molecule has 1 N–H and O–H groups in total. The molecule has 0 radical (unpaired) electrons. The highest BCUT2D eigenvalue weighted by Gasteiger charge is 2.41. The minimum absolute atomic E-state index is 0.365. The molecule has 1 atom stereocenters. The van der Waals surface area contributed by atoms with Gasteiger partial charge in [-0.25, -0.2) is 9.97 Å². The van der Waals surface area contributed by atoms with Crippen molar-refractivity contribution in [2.75, 3.05) is 36.0 Å². The zero-order valence-electron chi connectivity index (χ0n) is 17.3. The molecule has 3 aromatic heterocycles. The SMILES string of the molecule is CC1CC2(CCN(c3cnc4c(N5CCCc6ncccc65)n[nH]c4n3)CC2)CO1. The number of pyridine rings is 1. The number of H-pyrrole nitrogens is 1. The number of rotatable bonds is 2. The molecule has 0 aromatic carbocycles. The second kappa shape index (κ2) is 6.91. The predicted molar refractivity (Wildman–Crippen MR) is 115 cm³/mol. The van der Waals surface area contributed by atoms with Gasteiger partial charge in [0, 0.05) is 25.8 Å². The van der Waals surface area contributed by atoms with E-state index in [2.05, 4.69) is 38.0 Å². The largest absolute Gasteiger partial charge is 0.378 e. The minimum atomic E-state index is 0.365. The highest BCUT2D eigenvalue weighted by Crippen LogP contribution is 2.42. The molecule has 3 aromatic rings. The summed E-state index contributed by atoms with van der Waals surface area (Å²) in [7, 11) is 0. The lowest BCUT2D eigenvalue weighted by Crippen LogP contribution is -2.41. The highest BCUT2D eigenvalue weighted by molar-refractivity contribution is 5.87.